The number of aryl methyl sites for hydroxylation is 2. The predicted octanol–water partition coefficient (Wildman–Crippen LogP) is 3.32. The van der Waals surface area contributed by atoms with Crippen LogP contribution in [0.2, 0.25) is 5.02 Å². The Morgan fingerprint density at radius 3 is 2.85 bits per heavy atom. The van der Waals surface area contributed by atoms with Crippen LogP contribution >= 0.6 is 22.9 Å². The summed E-state index contributed by atoms with van der Waals surface area (Å²) in [7, 11) is 0. The van der Waals surface area contributed by atoms with Crippen molar-refractivity contribution in [1.82, 2.24) is 10.4 Å². The number of halogens is 2. The van der Waals surface area contributed by atoms with Gasteiger partial charge in [0.2, 0.25) is 0 Å². The average molecular weight is 312 g/mol. The van der Waals surface area contributed by atoms with Crippen molar-refractivity contribution in [2.45, 2.75) is 13.8 Å². The van der Waals surface area contributed by atoms with E-state index in [9.17, 15) is 9.18 Å². The molecule has 7 heteroatoms. The van der Waals surface area contributed by atoms with Crippen molar-refractivity contribution in [3.8, 4) is 0 Å². The van der Waals surface area contributed by atoms with Crippen LogP contribution in [0.25, 0.3) is 0 Å². The summed E-state index contributed by atoms with van der Waals surface area (Å²) < 4.78 is 13.5. The number of carbonyl (C=O) groups excluding carboxylic acids is 1. The molecule has 4 nitrogen and oxygen atoms in total. The van der Waals surface area contributed by atoms with E-state index in [1.54, 1.807) is 13.0 Å². The van der Waals surface area contributed by atoms with Gasteiger partial charge in [-0.15, -0.1) is 11.3 Å². The smallest absolute Gasteiger partial charge is 0.266 e. The van der Waals surface area contributed by atoms with Crippen LogP contribution in [0.1, 0.15) is 25.9 Å². The molecule has 0 spiro atoms. The fourth-order valence-electron chi connectivity index (χ4n) is 1.58. The van der Waals surface area contributed by atoms with E-state index < -0.39 is 5.82 Å². The molecule has 0 saturated carbocycles. The van der Waals surface area contributed by atoms with E-state index in [-0.39, 0.29) is 16.5 Å². The number of hydrazone groups is 1. The number of aromatic nitrogens is 1. The fourth-order valence-corrected chi connectivity index (χ4v) is 2.60. The van der Waals surface area contributed by atoms with Crippen LogP contribution in [0.4, 0.5) is 4.39 Å². The van der Waals surface area contributed by atoms with Crippen molar-refractivity contribution < 1.29 is 9.18 Å². The summed E-state index contributed by atoms with van der Waals surface area (Å²) in [5.41, 5.74) is 3.11. The van der Waals surface area contributed by atoms with Gasteiger partial charge in [-0.2, -0.15) is 5.10 Å². The van der Waals surface area contributed by atoms with E-state index in [1.807, 2.05) is 6.92 Å². The minimum atomic E-state index is -0.500. The maximum absolute atomic E-state index is 13.5. The standard InChI is InChI=1S/C13H11ClFN3OS/c1-7-12(20-8(2)17-7)13(19)18-16-6-9-10(14)4-3-5-11(9)15/h3-6H,1-2H3,(H,18,19)/b16-6+. The molecular formula is C13H11ClFN3OS. The van der Waals surface area contributed by atoms with Crippen molar-refractivity contribution in [1.29, 1.82) is 0 Å². The van der Waals surface area contributed by atoms with Crippen LogP contribution in [-0.2, 0) is 0 Å². The largest absolute Gasteiger partial charge is 0.283 e. The molecule has 1 aromatic heterocycles. The summed E-state index contributed by atoms with van der Waals surface area (Å²) in [5.74, 6) is -0.878. The molecule has 2 rings (SSSR count). The van der Waals surface area contributed by atoms with Gasteiger partial charge in [0, 0.05) is 5.56 Å². The molecule has 0 aliphatic carbocycles. The predicted molar refractivity (Wildman–Crippen MR) is 78.1 cm³/mol. The van der Waals surface area contributed by atoms with Crippen molar-refractivity contribution in [2.75, 3.05) is 0 Å². The monoisotopic (exact) mass is 311 g/mol. The molecule has 1 N–H and O–H groups in total. The Bertz CT molecular complexity index is 664. The quantitative estimate of drug-likeness (QED) is 0.698. The summed E-state index contributed by atoms with van der Waals surface area (Å²) >= 11 is 7.12. The van der Waals surface area contributed by atoms with E-state index in [4.69, 9.17) is 11.6 Å². The number of thiazole rings is 1. The molecular weight excluding hydrogens is 301 g/mol. The zero-order valence-electron chi connectivity index (χ0n) is 10.8. The van der Waals surface area contributed by atoms with Gasteiger partial charge in [-0.05, 0) is 26.0 Å². The number of amides is 1. The second-order valence-electron chi connectivity index (χ2n) is 3.98. The fraction of sp³-hybridized carbons (Fsp3) is 0.154. The van der Waals surface area contributed by atoms with E-state index in [2.05, 4.69) is 15.5 Å². The lowest BCUT2D eigenvalue weighted by molar-refractivity contribution is 0.0958. The lowest BCUT2D eigenvalue weighted by Crippen LogP contribution is -2.17. The maximum Gasteiger partial charge on any atom is 0.283 e. The average Bonchev–Trinajstić information content (AvgIpc) is 2.72. The summed E-state index contributed by atoms with van der Waals surface area (Å²) in [6, 6.07) is 4.31. The summed E-state index contributed by atoms with van der Waals surface area (Å²) in [4.78, 5) is 16.5. The topological polar surface area (TPSA) is 54.4 Å². The highest BCUT2D eigenvalue weighted by atomic mass is 35.5. The Labute approximate surface area is 124 Å². The van der Waals surface area contributed by atoms with Crippen LogP contribution in [0.3, 0.4) is 0 Å². The first-order valence-electron chi connectivity index (χ1n) is 5.70. The van der Waals surface area contributed by atoms with E-state index in [1.165, 1.54) is 29.7 Å². The van der Waals surface area contributed by atoms with E-state index in [0.29, 0.717) is 10.6 Å². The number of benzene rings is 1. The van der Waals surface area contributed by atoms with Gasteiger partial charge >= 0.3 is 0 Å². The number of rotatable bonds is 3. The highest BCUT2D eigenvalue weighted by Gasteiger charge is 2.13. The highest BCUT2D eigenvalue weighted by molar-refractivity contribution is 7.13. The molecule has 1 amide bonds. The van der Waals surface area contributed by atoms with Gasteiger partial charge in [0.15, 0.2) is 0 Å². The Morgan fingerprint density at radius 1 is 1.50 bits per heavy atom. The maximum atomic E-state index is 13.5. The molecule has 0 atom stereocenters. The molecule has 0 bridgehead atoms. The van der Waals surface area contributed by atoms with Gasteiger partial charge < -0.3 is 0 Å². The van der Waals surface area contributed by atoms with Crippen LogP contribution < -0.4 is 5.43 Å². The minimum absolute atomic E-state index is 0.131. The molecule has 1 heterocycles. The zero-order chi connectivity index (χ0) is 14.7. The van der Waals surface area contributed by atoms with Crippen molar-refractivity contribution in [3.05, 3.63) is 50.2 Å². The summed E-state index contributed by atoms with van der Waals surface area (Å²) in [6.45, 7) is 3.56. The third-order valence-electron chi connectivity index (χ3n) is 2.47. The summed E-state index contributed by atoms with van der Waals surface area (Å²) in [5, 5.41) is 4.75. The van der Waals surface area contributed by atoms with Gasteiger partial charge in [0.05, 0.1) is 21.9 Å². The number of nitrogens with one attached hydrogen (secondary N) is 1. The molecule has 0 aliphatic heterocycles. The molecule has 0 saturated heterocycles. The van der Waals surface area contributed by atoms with Gasteiger partial charge in [0.25, 0.3) is 5.91 Å². The molecule has 0 fully saturated rings. The first-order chi connectivity index (χ1) is 9.49. The van der Waals surface area contributed by atoms with Crippen molar-refractivity contribution in [3.63, 3.8) is 0 Å². The first kappa shape index (κ1) is 14.6. The van der Waals surface area contributed by atoms with Gasteiger partial charge in [-0.3, -0.25) is 4.79 Å². The summed E-state index contributed by atoms with van der Waals surface area (Å²) in [6.07, 6.45) is 1.18. The van der Waals surface area contributed by atoms with Gasteiger partial charge in [-0.25, -0.2) is 14.8 Å². The SMILES string of the molecule is Cc1nc(C)c(C(=O)N/N=C/c2c(F)cccc2Cl)s1. The van der Waals surface area contributed by atoms with Crippen LogP contribution in [0.15, 0.2) is 23.3 Å². The lowest BCUT2D eigenvalue weighted by Gasteiger charge is -2.00. The third-order valence-corrected chi connectivity index (χ3v) is 3.87. The second kappa shape index (κ2) is 6.11. The molecule has 2 aromatic rings. The number of hydrogen-bond acceptors (Lipinski definition) is 4. The Kier molecular flexibility index (Phi) is 4.46. The van der Waals surface area contributed by atoms with Crippen molar-refractivity contribution >= 4 is 35.1 Å². The highest BCUT2D eigenvalue weighted by Crippen LogP contribution is 2.18. The Morgan fingerprint density at radius 2 is 2.25 bits per heavy atom. The molecule has 1 aromatic carbocycles. The first-order valence-corrected chi connectivity index (χ1v) is 6.90. The number of hydrogen-bond donors (Lipinski definition) is 1. The molecule has 20 heavy (non-hydrogen) atoms. The molecule has 0 unspecified atom stereocenters. The molecule has 0 aliphatic rings. The van der Waals surface area contributed by atoms with Crippen molar-refractivity contribution in [2.24, 2.45) is 5.10 Å². The molecule has 0 radical (unpaired) electrons. The zero-order valence-corrected chi connectivity index (χ0v) is 12.3. The van der Waals surface area contributed by atoms with Crippen LogP contribution in [-0.4, -0.2) is 17.1 Å². The van der Waals surface area contributed by atoms with E-state index in [0.717, 1.165) is 5.01 Å². The lowest BCUT2D eigenvalue weighted by atomic mass is 10.2. The minimum Gasteiger partial charge on any atom is -0.266 e. The Balaban J connectivity index is 2.11. The molecule has 104 valence electrons. The number of nitrogens with zero attached hydrogens (tertiary/aromatic N) is 2. The van der Waals surface area contributed by atoms with Gasteiger partial charge in [0.1, 0.15) is 10.7 Å². The van der Waals surface area contributed by atoms with Crippen LogP contribution in [0, 0.1) is 19.7 Å². The second-order valence-corrected chi connectivity index (χ2v) is 5.59. The Hall–Kier alpha value is -1.79. The van der Waals surface area contributed by atoms with Gasteiger partial charge in [-0.1, -0.05) is 17.7 Å². The van der Waals surface area contributed by atoms with E-state index >= 15 is 0 Å². The normalized spacial score (nSPS) is 11.0. The van der Waals surface area contributed by atoms with Crippen LogP contribution in [0.5, 0.6) is 0 Å². The third kappa shape index (κ3) is 3.20. The number of carbonyl (C=O) groups is 1.